The molecule has 7 heteroatoms. The number of Topliss-reactive ketones (excluding diaryl/α,β-unsaturated/α-hetero) is 1. The summed E-state index contributed by atoms with van der Waals surface area (Å²) >= 11 is 0. The Hall–Kier alpha value is -2.64. The molecule has 5 aliphatic rings. The molecule has 7 rings (SSSR count). The monoisotopic (exact) mass is 548 g/mol. The number of fused-ring (bicyclic) bond motifs is 3. The Kier molecular flexibility index (Phi) is 5.40. The van der Waals surface area contributed by atoms with Gasteiger partial charge in [0, 0.05) is 40.8 Å². The fourth-order valence-corrected chi connectivity index (χ4v) is 10.4. The van der Waals surface area contributed by atoms with E-state index >= 15 is 0 Å². The van der Waals surface area contributed by atoms with E-state index in [1.165, 1.54) is 0 Å². The molecule has 1 aromatic carbocycles. The number of para-hydroxylation sites is 1. The molecule has 2 saturated heterocycles. The quantitative estimate of drug-likeness (QED) is 0.346. The molecular weight excluding hydrogens is 508 g/mol. The Morgan fingerprint density at radius 2 is 1.68 bits per heavy atom. The van der Waals surface area contributed by atoms with Crippen molar-refractivity contribution >= 4 is 11.8 Å². The molecule has 3 aliphatic carbocycles. The summed E-state index contributed by atoms with van der Waals surface area (Å²) in [4.78, 5) is 27.1. The zero-order valence-electron chi connectivity index (χ0n) is 24.3. The molecule has 1 aromatic heterocycles. The maximum Gasteiger partial charge on any atom is 0.339 e. The molecular formula is C33H40O7. The average Bonchev–Trinajstić information content (AvgIpc) is 3.50. The standard InChI is InChI=1S/C33H40O7/c1-29(2)22-16-25(38-20-10-8-7-9-11-20)32(5)21(31(22,4)24(36-6)17-23(29)34)12-14-30(3)26(19-13-15-37-18-19)39-28(35)27-33(30,32)40-27/h7-11,13,15,18,21-22,24-27H,12,14,16-17H2,1-6H3/t21-,22-,24+,25-,26+,27-,30+,31-,32+,33-/m1/s1. The molecule has 10 atom stereocenters. The van der Waals surface area contributed by atoms with E-state index in [9.17, 15) is 9.59 Å². The zero-order valence-corrected chi connectivity index (χ0v) is 24.3. The van der Waals surface area contributed by atoms with Crippen molar-refractivity contribution in [3.63, 3.8) is 0 Å². The number of rotatable bonds is 4. The molecule has 3 heterocycles. The number of methoxy groups -OCH3 is 1. The Labute approximate surface area is 235 Å². The van der Waals surface area contributed by atoms with Gasteiger partial charge in [-0.05, 0) is 49.3 Å². The SMILES string of the molecule is CO[C@H]1CC(=O)C(C)(C)[C@H]2C[C@@H](Oc3ccccc3)[C@]3(C)[C@H](CC[C@@]4(C)[C@H](c5ccoc5)OC(=O)[C@H]5O[C@@]534)[C@@]12C. The number of furan rings is 1. The lowest BCUT2D eigenvalue weighted by atomic mass is 9.34. The topological polar surface area (TPSA) is 87.5 Å². The van der Waals surface area contributed by atoms with E-state index in [1.54, 1.807) is 19.6 Å². The van der Waals surface area contributed by atoms with Crippen LogP contribution in [-0.4, -0.2) is 42.8 Å². The second kappa shape index (κ2) is 8.22. The summed E-state index contributed by atoms with van der Waals surface area (Å²) < 4.78 is 31.4. The van der Waals surface area contributed by atoms with Crippen molar-refractivity contribution < 1.29 is 33.0 Å². The molecule has 40 heavy (non-hydrogen) atoms. The normalized spacial score (nSPS) is 46.8. The first-order valence-corrected chi connectivity index (χ1v) is 14.6. The lowest BCUT2D eigenvalue weighted by Crippen LogP contribution is -2.75. The summed E-state index contributed by atoms with van der Waals surface area (Å²) in [6.07, 6.45) is 4.39. The Balaban J connectivity index is 1.43. The molecule has 0 bridgehead atoms. The van der Waals surface area contributed by atoms with Gasteiger partial charge in [-0.2, -0.15) is 0 Å². The molecule has 214 valence electrons. The van der Waals surface area contributed by atoms with E-state index in [1.807, 2.05) is 36.4 Å². The van der Waals surface area contributed by atoms with Crippen LogP contribution in [0.4, 0.5) is 0 Å². The van der Waals surface area contributed by atoms with E-state index in [0.29, 0.717) is 12.8 Å². The number of esters is 1. The largest absolute Gasteiger partial charge is 0.490 e. The maximum absolute atomic E-state index is 13.6. The van der Waals surface area contributed by atoms with Gasteiger partial charge in [-0.15, -0.1) is 0 Å². The van der Waals surface area contributed by atoms with Crippen molar-refractivity contribution in [3.8, 4) is 5.75 Å². The summed E-state index contributed by atoms with van der Waals surface area (Å²) in [5.74, 6) is 0.822. The molecule has 7 nitrogen and oxygen atoms in total. The van der Waals surface area contributed by atoms with Gasteiger partial charge in [-0.25, -0.2) is 4.79 Å². The van der Waals surface area contributed by atoms with Crippen molar-refractivity contribution in [2.24, 2.45) is 33.5 Å². The summed E-state index contributed by atoms with van der Waals surface area (Å²) in [5, 5.41) is 0. The summed E-state index contributed by atoms with van der Waals surface area (Å²) in [5.41, 5.74) is -1.86. The molecule has 2 aliphatic heterocycles. The second-order valence-electron chi connectivity index (χ2n) is 14.0. The van der Waals surface area contributed by atoms with Crippen LogP contribution in [0.25, 0.3) is 0 Å². The molecule has 2 aromatic rings. The van der Waals surface area contributed by atoms with Crippen LogP contribution in [0.5, 0.6) is 5.75 Å². The third-order valence-electron chi connectivity index (χ3n) is 12.4. The van der Waals surface area contributed by atoms with E-state index < -0.39 is 34.1 Å². The minimum absolute atomic E-state index is 0.0381. The van der Waals surface area contributed by atoms with Crippen LogP contribution in [0, 0.1) is 33.5 Å². The van der Waals surface area contributed by atoms with Gasteiger partial charge in [0.2, 0.25) is 0 Å². The van der Waals surface area contributed by atoms with Crippen LogP contribution >= 0.6 is 0 Å². The van der Waals surface area contributed by atoms with Crippen molar-refractivity contribution in [1.82, 2.24) is 0 Å². The van der Waals surface area contributed by atoms with Gasteiger partial charge >= 0.3 is 5.97 Å². The molecule has 0 unspecified atom stereocenters. The van der Waals surface area contributed by atoms with Crippen molar-refractivity contribution in [1.29, 1.82) is 0 Å². The lowest BCUT2D eigenvalue weighted by Gasteiger charge is -2.70. The van der Waals surface area contributed by atoms with Gasteiger partial charge in [0.1, 0.15) is 29.3 Å². The number of ether oxygens (including phenoxy) is 4. The fraction of sp³-hybridized carbons (Fsp3) is 0.636. The van der Waals surface area contributed by atoms with Gasteiger partial charge < -0.3 is 23.4 Å². The van der Waals surface area contributed by atoms with E-state index in [0.717, 1.165) is 24.2 Å². The molecule has 0 amide bonds. The minimum atomic E-state index is -0.794. The van der Waals surface area contributed by atoms with Crippen LogP contribution in [0.1, 0.15) is 72.0 Å². The number of hydrogen-bond acceptors (Lipinski definition) is 7. The fourth-order valence-electron chi connectivity index (χ4n) is 10.4. The van der Waals surface area contributed by atoms with Gasteiger partial charge in [-0.3, -0.25) is 4.79 Å². The van der Waals surface area contributed by atoms with Crippen molar-refractivity contribution in [3.05, 3.63) is 54.5 Å². The number of ketones is 1. The number of benzene rings is 1. The second-order valence-corrected chi connectivity index (χ2v) is 14.0. The summed E-state index contributed by atoms with van der Waals surface area (Å²) in [6.45, 7) is 11.0. The predicted molar refractivity (Wildman–Crippen MR) is 145 cm³/mol. The average molecular weight is 549 g/mol. The highest BCUT2D eigenvalue weighted by molar-refractivity contribution is 5.86. The van der Waals surface area contributed by atoms with Gasteiger partial charge in [0.15, 0.2) is 6.10 Å². The maximum atomic E-state index is 13.6. The summed E-state index contributed by atoms with van der Waals surface area (Å²) in [6, 6.07) is 11.8. The Bertz CT molecular complexity index is 1340. The zero-order chi connectivity index (χ0) is 28.3. The van der Waals surface area contributed by atoms with Crippen LogP contribution in [-0.2, 0) is 23.8 Å². The van der Waals surface area contributed by atoms with Crippen LogP contribution in [0.3, 0.4) is 0 Å². The van der Waals surface area contributed by atoms with Gasteiger partial charge in [0.25, 0.3) is 0 Å². The number of cyclic esters (lactones) is 1. The third-order valence-corrected chi connectivity index (χ3v) is 12.4. The van der Waals surface area contributed by atoms with Crippen LogP contribution in [0.2, 0.25) is 0 Å². The van der Waals surface area contributed by atoms with E-state index in [2.05, 4.69) is 34.6 Å². The molecule has 0 N–H and O–H groups in total. The van der Waals surface area contributed by atoms with E-state index in [-0.39, 0.29) is 41.2 Å². The number of hydrogen-bond donors (Lipinski definition) is 0. The van der Waals surface area contributed by atoms with Gasteiger partial charge in [0.05, 0.1) is 18.6 Å². The van der Waals surface area contributed by atoms with Gasteiger partial charge in [-0.1, -0.05) is 52.8 Å². The first kappa shape index (κ1) is 26.3. The predicted octanol–water partition coefficient (Wildman–Crippen LogP) is 5.93. The molecule has 3 saturated carbocycles. The Morgan fingerprint density at radius 1 is 0.925 bits per heavy atom. The summed E-state index contributed by atoms with van der Waals surface area (Å²) in [7, 11) is 1.73. The Morgan fingerprint density at radius 3 is 2.35 bits per heavy atom. The highest BCUT2D eigenvalue weighted by Gasteiger charge is 2.89. The number of carbonyl (C=O) groups is 2. The molecule has 0 radical (unpaired) electrons. The molecule has 1 spiro atoms. The van der Waals surface area contributed by atoms with Crippen molar-refractivity contribution in [2.75, 3.05) is 7.11 Å². The van der Waals surface area contributed by atoms with Crippen LogP contribution in [0.15, 0.2) is 53.3 Å². The highest BCUT2D eigenvalue weighted by Crippen LogP contribution is 2.80. The lowest BCUT2D eigenvalue weighted by molar-refractivity contribution is -0.274. The molecule has 5 fully saturated rings. The number of epoxide rings is 1. The highest BCUT2D eigenvalue weighted by atomic mass is 16.7. The smallest absolute Gasteiger partial charge is 0.339 e. The third kappa shape index (κ3) is 2.93. The van der Waals surface area contributed by atoms with E-state index in [4.69, 9.17) is 23.4 Å². The first-order valence-electron chi connectivity index (χ1n) is 14.6. The van der Waals surface area contributed by atoms with Crippen LogP contribution < -0.4 is 4.74 Å². The van der Waals surface area contributed by atoms with Crippen molar-refractivity contribution in [2.45, 2.75) is 90.3 Å². The minimum Gasteiger partial charge on any atom is -0.490 e. The number of carbonyl (C=O) groups excluding carboxylic acids is 2. The first-order chi connectivity index (χ1) is 19.0.